The van der Waals surface area contributed by atoms with E-state index in [4.69, 9.17) is 18.6 Å². The molecule has 0 saturated carbocycles. The zero-order chi connectivity index (χ0) is 21.6. The summed E-state index contributed by atoms with van der Waals surface area (Å²) in [6, 6.07) is 18.6. The van der Waals surface area contributed by atoms with E-state index in [9.17, 15) is 4.79 Å². The summed E-state index contributed by atoms with van der Waals surface area (Å²) in [6.07, 6.45) is 1.54. The minimum Gasteiger partial charge on any atom is -0.497 e. The van der Waals surface area contributed by atoms with Gasteiger partial charge in [0.15, 0.2) is 0 Å². The second-order valence-corrected chi connectivity index (χ2v) is 6.71. The van der Waals surface area contributed by atoms with Crippen LogP contribution in [0.4, 0.5) is 5.69 Å². The first kappa shape index (κ1) is 20.4. The molecule has 1 amide bonds. The van der Waals surface area contributed by atoms with Gasteiger partial charge in [-0.1, -0.05) is 30.3 Å². The monoisotopic (exact) mass is 418 g/mol. The first-order valence-electron chi connectivity index (χ1n) is 9.74. The van der Waals surface area contributed by atoms with E-state index in [1.54, 1.807) is 32.4 Å². The van der Waals surface area contributed by atoms with Gasteiger partial charge in [-0.3, -0.25) is 4.79 Å². The van der Waals surface area contributed by atoms with Crippen LogP contribution in [-0.4, -0.2) is 38.3 Å². The number of methoxy groups -OCH3 is 2. The van der Waals surface area contributed by atoms with Gasteiger partial charge in [-0.25, -0.2) is 4.98 Å². The lowest BCUT2D eigenvalue weighted by Crippen LogP contribution is -2.12. The molecule has 2 aromatic heterocycles. The van der Waals surface area contributed by atoms with E-state index in [-0.39, 0.29) is 11.7 Å². The van der Waals surface area contributed by atoms with Gasteiger partial charge in [0.1, 0.15) is 17.9 Å². The number of hydrogen-bond donors (Lipinski definition) is 1. The predicted octanol–water partition coefficient (Wildman–Crippen LogP) is 4.78. The molecule has 2 aromatic carbocycles. The Kier molecular flexibility index (Phi) is 6.14. The Morgan fingerprint density at radius 1 is 1.03 bits per heavy atom. The molecule has 0 bridgehead atoms. The van der Waals surface area contributed by atoms with Gasteiger partial charge < -0.3 is 23.9 Å². The molecule has 7 heteroatoms. The Morgan fingerprint density at radius 3 is 2.58 bits per heavy atom. The summed E-state index contributed by atoms with van der Waals surface area (Å²) in [5.41, 5.74) is 2.71. The number of nitrogens with one attached hydrogen (secondary N) is 1. The number of pyridine rings is 1. The molecule has 0 fully saturated rings. The lowest BCUT2D eigenvalue weighted by Gasteiger charge is -2.07. The molecule has 0 aliphatic rings. The van der Waals surface area contributed by atoms with Crippen LogP contribution in [0.2, 0.25) is 0 Å². The molecule has 0 saturated heterocycles. The minimum atomic E-state index is -0.371. The minimum absolute atomic E-state index is 0.217. The van der Waals surface area contributed by atoms with Crippen molar-refractivity contribution in [3.05, 3.63) is 72.6 Å². The number of benzene rings is 2. The molecular formula is C24H22N2O5. The molecule has 158 valence electrons. The second kappa shape index (κ2) is 9.32. The van der Waals surface area contributed by atoms with Crippen molar-refractivity contribution in [2.75, 3.05) is 32.8 Å². The SMILES string of the molecule is COCCOc1ccc(NC(=O)c2oc3cc(OC)ccc3c2-c2ccccc2)cn1. The Balaban J connectivity index is 1.64. The van der Waals surface area contributed by atoms with Crippen molar-refractivity contribution < 1.29 is 23.4 Å². The van der Waals surface area contributed by atoms with Gasteiger partial charge in [0.05, 0.1) is 25.6 Å². The van der Waals surface area contributed by atoms with Crippen molar-refractivity contribution in [3.8, 4) is 22.8 Å². The molecule has 0 aliphatic heterocycles. The van der Waals surface area contributed by atoms with E-state index in [0.717, 1.165) is 16.5 Å². The summed E-state index contributed by atoms with van der Waals surface area (Å²) in [6.45, 7) is 0.872. The van der Waals surface area contributed by atoms with Crippen molar-refractivity contribution in [1.29, 1.82) is 0 Å². The van der Waals surface area contributed by atoms with Crippen LogP contribution < -0.4 is 14.8 Å². The maximum absolute atomic E-state index is 13.1. The number of aromatic nitrogens is 1. The highest BCUT2D eigenvalue weighted by Crippen LogP contribution is 2.37. The second-order valence-electron chi connectivity index (χ2n) is 6.71. The number of nitrogens with zero attached hydrogens (tertiary/aromatic N) is 1. The Hall–Kier alpha value is -3.84. The quantitative estimate of drug-likeness (QED) is 0.415. The van der Waals surface area contributed by atoms with Crippen LogP contribution in [0, 0.1) is 0 Å². The summed E-state index contributed by atoms with van der Waals surface area (Å²) >= 11 is 0. The summed E-state index contributed by atoms with van der Waals surface area (Å²) in [5.74, 6) is 0.954. The summed E-state index contributed by atoms with van der Waals surface area (Å²) in [7, 11) is 3.19. The fourth-order valence-corrected chi connectivity index (χ4v) is 3.21. The topological polar surface area (TPSA) is 82.8 Å². The molecule has 1 N–H and O–H groups in total. The summed E-state index contributed by atoms with van der Waals surface area (Å²) in [5, 5.41) is 3.68. The highest BCUT2D eigenvalue weighted by Gasteiger charge is 2.22. The van der Waals surface area contributed by atoms with Gasteiger partial charge in [0.25, 0.3) is 5.91 Å². The maximum atomic E-state index is 13.1. The molecule has 31 heavy (non-hydrogen) atoms. The molecule has 0 spiro atoms. The number of amides is 1. The van der Waals surface area contributed by atoms with Crippen LogP contribution in [0.15, 0.2) is 71.3 Å². The van der Waals surface area contributed by atoms with Crippen molar-refractivity contribution >= 4 is 22.6 Å². The Morgan fingerprint density at radius 2 is 1.87 bits per heavy atom. The van der Waals surface area contributed by atoms with E-state index in [1.807, 2.05) is 42.5 Å². The van der Waals surface area contributed by atoms with Crippen LogP contribution in [0.25, 0.3) is 22.1 Å². The number of anilines is 1. The highest BCUT2D eigenvalue weighted by atomic mass is 16.5. The van der Waals surface area contributed by atoms with Crippen LogP contribution in [0.5, 0.6) is 11.6 Å². The zero-order valence-corrected chi connectivity index (χ0v) is 17.3. The third-order valence-corrected chi connectivity index (χ3v) is 4.70. The maximum Gasteiger partial charge on any atom is 0.292 e. The Bertz CT molecular complexity index is 1170. The molecule has 0 aliphatic carbocycles. The highest BCUT2D eigenvalue weighted by molar-refractivity contribution is 6.12. The zero-order valence-electron chi connectivity index (χ0n) is 17.3. The largest absolute Gasteiger partial charge is 0.497 e. The molecule has 7 nitrogen and oxygen atoms in total. The average Bonchev–Trinajstić information content (AvgIpc) is 3.20. The molecule has 2 heterocycles. The summed E-state index contributed by atoms with van der Waals surface area (Å²) < 4.78 is 21.7. The van der Waals surface area contributed by atoms with Crippen LogP contribution in [-0.2, 0) is 4.74 Å². The summed E-state index contributed by atoms with van der Waals surface area (Å²) in [4.78, 5) is 17.3. The number of furan rings is 1. The fourth-order valence-electron chi connectivity index (χ4n) is 3.21. The molecular weight excluding hydrogens is 396 g/mol. The number of rotatable bonds is 8. The number of fused-ring (bicyclic) bond motifs is 1. The number of hydrogen-bond acceptors (Lipinski definition) is 6. The Labute approximate surface area is 179 Å². The normalized spacial score (nSPS) is 10.8. The van der Waals surface area contributed by atoms with E-state index < -0.39 is 0 Å². The van der Waals surface area contributed by atoms with Gasteiger partial charge in [0.2, 0.25) is 11.6 Å². The van der Waals surface area contributed by atoms with E-state index >= 15 is 0 Å². The smallest absolute Gasteiger partial charge is 0.292 e. The van der Waals surface area contributed by atoms with Crippen LogP contribution in [0.3, 0.4) is 0 Å². The van der Waals surface area contributed by atoms with Gasteiger partial charge in [-0.15, -0.1) is 0 Å². The van der Waals surface area contributed by atoms with Crippen molar-refractivity contribution in [1.82, 2.24) is 4.98 Å². The third-order valence-electron chi connectivity index (χ3n) is 4.70. The van der Waals surface area contributed by atoms with Gasteiger partial charge >= 0.3 is 0 Å². The van der Waals surface area contributed by atoms with E-state index in [1.165, 1.54) is 6.20 Å². The van der Waals surface area contributed by atoms with E-state index in [0.29, 0.717) is 36.1 Å². The van der Waals surface area contributed by atoms with Gasteiger partial charge in [-0.2, -0.15) is 0 Å². The standard InChI is InChI=1S/C24H22N2O5/c1-28-12-13-30-21-11-8-17(15-25-21)26-24(27)23-22(16-6-4-3-5-7-16)19-10-9-18(29-2)14-20(19)31-23/h3-11,14-15H,12-13H2,1-2H3,(H,26,27). The number of carbonyl (C=O) groups excluding carboxylic acids is 1. The molecule has 0 atom stereocenters. The average molecular weight is 418 g/mol. The predicted molar refractivity (Wildman–Crippen MR) is 118 cm³/mol. The van der Waals surface area contributed by atoms with Gasteiger partial charge in [-0.05, 0) is 23.8 Å². The third kappa shape index (κ3) is 4.51. The van der Waals surface area contributed by atoms with Gasteiger partial charge in [0, 0.05) is 30.2 Å². The molecule has 0 radical (unpaired) electrons. The fraction of sp³-hybridized carbons (Fsp3) is 0.167. The van der Waals surface area contributed by atoms with Crippen LogP contribution >= 0.6 is 0 Å². The number of ether oxygens (including phenoxy) is 3. The molecule has 0 unspecified atom stereocenters. The molecule has 4 rings (SSSR count). The lowest BCUT2D eigenvalue weighted by atomic mass is 10.0. The first-order chi connectivity index (χ1) is 15.2. The van der Waals surface area contributed by atoms with Crippen molar-refractivity contribution in [2.24, 2.45) is 0 Å². The van der Waals surface area contributed by atoms with Crippen molar-refractivity contribution in [2.45, 2.75) is 0 Å². The molecule has 4 aromatic rings. The first-order valence-corrected chi connectivity index (χ1v) is 9.74. The van der Waals surface area contributed by atoms with Crippen molar-refractivity contribution in [3.63, 3.8) is 0 Å². The number of carbonyl (C=O) groups is 1. The lowest BCUT2D eigenvalue weighted by molar-refractivity contribution is 0.0999. The van der Waals surface area contributed by atoms with E-state index in [2.05, 4.69) is 10.3 Å². The van der Waals surface area contributed by atoms with Crippen LogP contribution in [0.1, 0.15) is 10.6 Å².